The van der Waals surface area contributed by atoms with E-state index in [1.165, 1.54) is 7.11 Å². The topological polar surface area (TPSA) is 76.4 Å². The smallest absolute Gasteiger partial charge is 0.323 e. The molecule has 84 valence electrons. The van der Waals surface area contributed by atoms with E-state index < -0.39 is 12.0 Å². The Morgan fingerprint density at radius 2 is 2.53 bits per heavy atom. The maximum absolute atomic E-state index is 10.7. The van der Waals surface area contributed by atoms with E-state index in [0.717, 1.165) is 5.69 Å². The normalized spacial score (nSPS) is 12.7. The summed E-state index contributed by atoms with van der Waals surface area (Å²) in [5.41, 5.74) is 0.805. The number of aryl methyl sites for hydroxylation is 1. The summed E-state index contributed by atoms with van der Waals surface area (Å²) in [6.45, 7) is 0.559. The van der Waals surface area contributed by atoms with Gasteiger partial charge < -0.3 is 9.84 Å². The van der Waals surface area contributed by atoms with Crippen molar-refractivity contribution in [3.63, 3.8) is 0 Å². The fourth-order valence-corrected chi connectivity index (χ4v) is 1.17. The number of nitrogens with zero attached hydrogens (tertiary/aromatic N) is 2. The molecule has 0 amide bonds. The number of hydrogen-bond donors (Lipinski definition) is 2. The fraction of sp³-hybridized carbons (Fsp3) is 0.556. The van der Waals surface area contributed by atoms with Crippen LogP contribution in [0.1, 0.15) is 5.69 Å². The Morgan fingerprint density at radius 3 is 3.00 bits per heavy atom. The van der Waals surface area contributed by atoms with Gasteiger partial charge in [-0.2, -0.15) is 5.10 Å². The molecule has 1 aromatic rings. The zero-order valence-electron chi connectivity index (χ0n) is 8.80. The van der Waals surface area contributed by atoms with E-state index in [9.17, 15) is 4.79 Å². The molecule has 0 aliphatic heterocycles. The van der Waals surface area contributed by atoms with Gasteiger partial charge in [-0.15, -0.1) is 0 Å². The Labute approximate surface area is 87.8 Å². The van der Waals surface area contributed by atoms with E-state index >= 15 is 0 Å². The van der Waals surface area contributed by atoms with Gasteiger partial charge in [0.05, 0.1) is 12.3 Å². The molecule has 1 rings (SSSR count). The van der Waals surface area contributed by atoms with Gasteiger partial charge in [0.25, 0.3) is 0 Å². The van der Waals surface area contributed by atoms with Gasteiger partial charge in [-0.25, -0.2) is 0 Å². The first-order valence-corrected chi connectivity index (χ1v) is 4.57. The molecule has 0 aliphatic carbocycles. The Kier molecular flexibility index (Phi) is 4.26. The predicted molar refractivity (Wildman–Crippen MR) is 53.3 cm³/mol. The fourth-order valence-electron chi connectivity index (χ4n) is 1.17. The second kappa shape index (κ2) is 5.47. The summed E-state index contributed by atoms with van der Waals surface area (Å²) in [6, 6.07) is 1.13. The molecule has 1 unspecified atom stereocenters. The maximum Gasteiger partial charge on any atom is 0.323 e. The number of aliphatic carboxylic acids is 1. The third kappa shape index (κ3) is 3.69. The molecule has 6 nitrogen and oxygen atoms in total. The van der Waals surface area contributed by atoms with E-state index in [1.807, 2.05) is 19.3 Å². The lowest BCUT2D eigenvalue weighted by molar-refractivity contribution is -0.140. The number of carboxylic acid groups (broad SMARTS) is 1. The van der Waals surface area contributed by atoms with Crippen LogP contribution in [-0.4, -0.2) is 40.6 Å². The summed E-state index contributed by atoms with van der Waals surface area (Å²) in [7, 11) is 3.28. The molecule has 0 radical (unpaired) electrons. The highest BCUT2D eigenvalue weighted by Gasteiger charge is 2.16. The molecule has 0 bridgehead atoms. The lowest BCUT2D eigenvalue weighted by Gasteiger charge is -2.11. The van der Waals surface area contributed by atoms with Gasteiger partial charge in [-0.05, 0) is 6.07 Å². The number of nitrogens with one attached hydrogen (secondary N) is 1. The van der Waals surface area contributed by atoms with Gasteiger partial charge >= 0.3 is 5.97 Å². The number of aromatic nitrogens is 2. The molecule has 0 saturated heterocycles. The van der Waals surface area contributed by atoms with Gasteiger partial charge in [-0.3, -0.25) is 14.8 Å². The minimum atomic E-state index is -0.923. The highest BCUT2D eigenvalue weighted by molar-refractivity contribution is 5.73. The molecule has 0 fully saturated rings. The Morgan fingerprint density at radius 1 is 1.80 bits per heavy atom. The van der Waals surface area contributed by atoms with Crippen LogP contribution in [0.3, 0.4) is 0 Å². The molecule has 1 heterocycles. The quantitative estimate of drug-likeness (QED) is 0.673. The first-order chi connectivity index (χ1) is 7.13. The molecule has 15 heavy (non-hydrogen) atoms. The van der Waals surface area contributed by atoms with Crippen LogP contribution in [0.5, 0.6) is 0 Å². The summed E-state index contributed by atoms with van der Waals surface area (Å²) < 4.78 is 6.46. The molecule has 6 heteroatoms. The lowest BCUT2D eigenvalue weighted by atomic mass is 10.3. The van der Waals surface area contributed by atoms with Gasteiger partial charge in [-0.1, -0.05) is 0 Å². The Bertz CT molecular complexity index is 324. The molecule has 1 atom stereocenters. The number of carboxylic acids is 1. The van der Waals surface area contributed by atoms with Crippen molar-refractivity contribution in [2.24, 2.45) is 7.05 Å². The van der Waals surface area contributed by atoms with E-state index in [0.29, 0.717) is 6.54 Å². The van der Waals surface area contributed by atoms with Crippen molar-refractivity contribution in [2.45, 2.75) is 12.6 Å². The molecular weight excluding hydrogens is 198 g/mol. The monoisotopic (exact) mass is 213 g/mol. The van der Waals surface area contributed by atoms with E-state index in [1.54, 1.807) is 4.68 Å². The molecular formula is C9H15N3O3. The molecule has 1 aromatic heterocycles. The van der Waals surface area contributed by atoms with Crippen LogP contribution in [0, 0.1) is 0 Å². The highest BCUT2D eigenvalue weighted by Crippen LogP contribution is 1.95. The second-order valence-corrected chi connectivity index (χ2v) is 3.21. The van der Waals surface area contributed by atoms with Crippen molar-refractivity contribution in [3.05, 3.63) is 18.0 Å². The van der Waals surface area contributed by atoms with Crippen molar-refractivity contribution in [1.29, 1.82) is 0 Å². The van der Waals surface area contributed by atoms with Crippen molar-refractivity contribution in [2.75, 3.05) is 13.7 Å². The number of carbonyl (C=O) groups is 1. The predicted octanol–water partition coefficient (Wildman–Crippen LogP) is -0.391. The molecule has 0 spiro atoms. The average molecular weight is 213 g/mol. The minimum Gasteiger partial charge on any atom is -0.480 e. The Hall–Kier alpha value is -1.40. The van der Waals surface area contributed by atoms with E-state index in [-0.39, 0.29) is 6.61 Å². The molecule has 0 saturated carbocycles. The van der Waals surface area contributed by atoms with Crippen LogP contribution >= 0.6 is 0 Å². The summed E-state index contributed by atoms with van der Waals surface area (Å²) in [6.07, 6.45) is 1.81. The summed E-state index contributed by atoms with van der Waals surface area (Å²) in [5, 5.41) is 15.8. The van der Waals surface area contributed by atoms with Crippen LogP contribution < -0.4 is 5.32 Å². The van der Waals surface area contributed by atoms with Crippen LogP contribution in [-0.2, 0) is 23.1 Å². The third-order valence-electron chi connectivity index (χ3n) is 1.93. The number of ether oxygens (including phenoxy) is 1. The molecule has 0 aromatic carbocycles. The van der Waals surface area contributed by atoms with Crippen LogP contribution in [0.4, 0.5) is 0 Å². The standard InChI is InChI=1S/C9H15N3O3/c1-12-4-3-7(11-12)5-10-8(6-15-2)9(13)14/h3-4,8,10H,5-6H2,1-2H3,(H,13,14). The second-order valence-electron chi connectivity index (χ2n) is 3.21. The number of rotatable bonds is 6. The molecule has 0 aliphatic rings. The van der Waals surface area contributed by atoms with Crippen LogP contribution in [0.2, 0.25) is 0 Å². The van der Waals surface area contributed by atoms with Crippen LogP contribution in [0.15, 0.2) is 12.3 Å². The van der Waals surface area contributed by atoms with Crippen molar-refractivity contribution in [1.82, 2.24) is 15.1 Å². The highest BCUT2D eigenvalue weighted by atomic mass is 16.5. The van der Waals surface area contributed by atoms with Gasteiger partial charge in [0.2, 0.25) is 0 Å². The Balaban J connectivity index is 2.43. The van der Waals surface area contributed by atoms with Gasteiger partial charge in [0.1, 0.15) is 6.04 Å². The van der Waals surface area contributed by atoms with E-state index in [4.69, 9.17) is 9.84 Å². The first-order valence-electron chi connectivity index (χ1n) is 4.57. The number of methoxy groups -OCH3 is 1. The molecule has 2 N–H and O–H groups in total. The van der Waals surface area contributed by atoms with Gasteiger partial charge in [0, 0.05) is 26.9 Å². The first kappa shape index (κ1) is 11.7. The van der Waals surface area contributed by atoms with Crippen molar-refractivity contribution < 1.29 is 14.6 Å². The van der Waals surface area contributed by atoms with Crippen molar-refractivity contribution in [3.8, 4) is 0 Å². The zero-order valence-corrected chi connectivity index (χ0v) is 8.80. The zero-order chi connectivity index (χ0) is 11.3. The summed E-state index contributed by atoms with van der Waals surface area (Å²) in [5.74, 6) is -0.923. The maximum atomic E-state index is 10.7. The van der Waals surface area contributed by atoms with Crippen LogP contribution in [0.25, 0.3) is 0 Å². The lowest BCUT2D eigenvalue weighted by Crippen LogP contribution is -2.39. The number of hydrogen-bond acceptors (Lipinski definition) is 4. The largest absolute Gasteiger partial charge is 0.480 e. The average Bonchev–Trinajstić information content (AvgIpc) is 2.58. The minimum absolute atomic E-state index is 0.141. The SMILES string of the molecule is COCC(NCc1ccn(C)n1)C(=O)O. The van der Waals surface area contributed by atoms with Gasteiger partial charge in [0.15, 0.2) is 0 Å². The summed E-state index contributed by atoms with van der Waals surface area (Å²) >= 11 is 0. The third-order valence-corrected chi connectivity index (χ3v) is 1.93. The summed E-state index contributed by atoms with van der Waals surface area (Å²) in [4.78, 5) is 10.7. The van der Waals surface area contributed by atoms with E-state index in [2.05, 4.69) is 10.4 Å². The van der Waals surface area contributed by atoms with Crippen molar-refractivity contribution >= 4 is 5.97 Å².